The molecule has 1 amide bonds. The fourth-order valence-electron chi connectivity index (χ4n) is 0.935. The molecular weight excluding hydrogens is 230 g/mol. The highest BCUT2D eigenvalue weighted by Crippen LogP contribution is 2.22. The van der Waals surface area contributed by atoms with Crippen LogP contribution in [0.25, 0.3) is 0 Å². The number of amides is 1. The van der Waals surface area contributed by atoms with E-state index in [2.05, 4.69) is 5.32 Å². The van der Waals surface area contributed by atoms with Gasteiger partial charge in [-0.25, -0.2) is 0 Å². The molecule has 0 aliphatic rings. The molecule has 0 atom stereocenters. The van der Waals surface area contributed by atoms with E-state index in [4.69, 9.17) is 5.11 Å². The maximum atomic E-state index is 11.5. The average molecular weight is 245 g/mol. The van der Waals surface area contributed by atoms with Crippen molar-refractivity contribution in [3.8, 4) is 0 Å². The highest BCUT2D eigenvalue weighted by atomic mass is 32.2. The van der Waals surface area contributed by atoms with Crippen LogP contribution in [0.1, 0.15) is 13.8 Å². The summed E-state index contributed by atoms with van der Waals surface area (Å²) in [7, 11) is 0. The monoisotopic (exact) mass is 245 g/mol. The van der Waals surface area contributed by atoms with Crippen LogP contribution in [0.5, 0.6) is 0 Å². The normalized spacial score (nSPS) is 11.4. The van der Waals surface area contributed by atoms with Gasteiger partial charge < -0.3 is 10.4 Å². The number of thioether (sulfide) groups is 1. The molecule has 0 fully saturated rings. The summed E-state index contributed by atoms with van der Waals surface area (Å²) in [5.74, 6) is 0.344. The lowest BCUT2D eigenvalue weighted by molar-refractivity contribution is -0.120. The fraction of sp³-hybridized carbons (Fsp3) is 0.500. The number of carbonyl (C=O) groups is 1. The lowest BCUT2D eigenvalue weighted by atomic mass is 10.1. The Labute approximate surface area is 97.9 Å². The standard InChI is InChI=1S/C10H15NO2S2/c1-10(2,7-12)11-8(13)6-15-9-4-3-5-14-9/h3-5,12H,6-7H2,1-2H3,(H,11,13). The van der Waals surface area contributed by atoms with Crippen molar-refractivity contribution in [2.24, 2.45) is 0 Å². The summed E-state index contributed by atoms with van der Waals surface area (Å²) in [6.07, 6.45) is 0. The quantitative estimate of drug-likeness (QED) is 0.777. The Balaban J connectivity index is 2.31. The van der Waals surface area contributed by atoms with Crippen molar-refractivity contribution in [2.45, 2.75) is 23.6 Å². The Morgan fingerprint density at radius 3 is 2.93 bits per heavy atom. The van der Waals surface area contributed by atoms with Crippen LogP contribution in [0.3, 0.4) is 0 Å². The van der Waals surface area contributed by atoms with E-state index in [9.17, 15) is 4.79 Å². The minimum atomic E-state index is -0.535. The minimum absolute atomic E-state index is 0.0487. The van der Waals surface area contributed by atoms with Gasteiger partial charge >= 0.3 is 0 Å². The Bertz CT molecular complexity index is 309. The molecule has 1 heterocycles. The van der Waals surface area contributed by atoms with E-state index in [1.54, 1.807) is 25.2 Å². The summed E-state index contributed by atoms with van der Waals surface area (Å²) in [6, 6.07) is 3.95. The fourth-order valence-corrected chi connectivity index (χ4v) is 2.52. The summed E-state index contributed by atoms with van der Waals surface area (Å²) >= 11 is 3.13. The van der Waals surface area contributed by atoms with Crippen molar-refractivity contribution in [3.63, 3.8) is 0 Å². The molecule has 0 aliphatic heterocycles. The van der Waals surface area contributed by atoms with Gasteiger partial charge in [0, 0.05) is 0 Å². The zero-order chi connectivity index (χ0) is 11.3. The summed E-state index contributed by atoms with van der Waals surface area (Å²) in [4.78, 5) is 11.5. The van der Waals surface area contributed by atoms with Crippen LogP contribution < -0.4 is 5.32 Å². The molecule has 1 rings (SSSR count). The van der Waals surface area contributed by atoms with Gasteiger partial charge in [0.15, 0.2) is 0 Å². The van der Waals surface area contributed by atoms with Gasteiger partial charge in [0.25, 0.3) is 0 Å². The zero-order valence-electron chi connectivity index (χ0n) is 8.82. The molecule has 0 unspecified atom stereocenters. The van der Waals surface area contributed by atoms with E-state index >= 15 is 0 Å². The van der Waals surface area contributed by atoms with E-state index < -0.39 is 5.54 Å². The van der Waals surface area contributed by atoms with Gasteiger partial charge in [0.2, 0.25) is 5.91 Å². The largest absolute Gasteiger partial charge is 0.394 e. The van der Waals surface area contributed by atoms with Gasteiger partial charge in [0.05, 0.1) is 22.1 Å². The number of rotatable bonds is 5. The third-order valence-corrected chi connectivity index (χ3v) is 3.84. The van der Waals surface area contributed by atoms with Gasteiger partial charge in [-0.3, -0.25) is 4.79 Å². The smallest absolute Gasteiger partial charge is 0.230 e. The summed E-state index contributed by atoms with van der Waals surface area (Å²) in [5.41, 5.74) is -0.535. The maximum Gasteiger partial charge on any atom is 0.230 e. The third-order valence-electron chi connectivity index (χ3n) is 1.71. The minimum Gasteiger partial charge on any atom is -0.394 e. The van der Waals surface area contributed by atoms with Crippen molar-refractivity contribution in [3.05, 3.63) is 17.5 Å². The van der Waals surface area contributed by atoms with E-state index in [0.29, 0.717) is 5.75 Å². The molecule has 2 N–H and O–H groups in total. The van der Waals surface area contributed by atoms with Crippen molar-refractivity contribution in [1.82, 2.24) is 5.32 Å². The molecule has 5 heteroatoms. The molecule has 0 bridgehead atoms. The SMILES string of the molecule is CC(C)(CO)NC(=O)CSc1cccs1. The van der Waals surface area contributed by atoms with Crippen LogP contribution in [0.15, 0.2) is 21.7 Å². The number of carbonyl (C=O) groups excluding carboxylic acids is 1. The van der Waals surface area contributed by atoms with E-state index in [0.717, 1.165) is 4.21 Å². The zero-order valence-corrected chi connectivity index (χ0v) is 10.5. The summed E-state index contributed by atoms with van der Waals surface area (Å²) in [6.45, 7) is 3.53. The molecule has 0 aliphatic carbocycles. The van der Waals surface area contributed by atoms with Crippen molar-refractivity contribution < 1.29 is 9.90 Å². The highest BCUT2D eigenvalue weighted by molar-refractivity contribution is 8.01. The van der Waals surface area contributed by atoms with Gasteiger partial charge in [-0.15, -0.1) is 23.1 Å². The van der Waals surface area contributed by atoms with E-state index in [-0.39, 0.29) is 12.5 Å². The second-order valence-electron chi connectivity index (χ2n) is 3.81. The molecule has 84 valence electrons. The number of hydrogen-bond donors (Lipinski definition) is 2. The molecule has 3 nitrogen and oxygen atoms in total. The van der Waals surface area contributed by atoms with Crippen molar-refractivity contribution >= 4 is 29.0 Å². The molecule has 1 aromatic heterocycles. The topological polar surface area (TPSA) is 49.3 Å². The van der Waals surface area contributed by atoms with Gasteiger partial charge in [-0.2, -0.15) is 0 Å². The third kappa shape index (κ3) is 4.68. The van der Waals surface area contributed by atoms with Crippen LogP contribution in [-0.4, -0.2) is 28.9 Å². The predicted octanol–water partition coefficient (Wildman–Crippen LogP) is 1.73. The number of aliphatic hydroxyl groups is 1. The van der Waals surface area contributed by atoms with Crippen LogP contribution in [0.4, 0.5) is 0 Å². The molecule has 0 radical (unpaired) electrons. The second kappa shape index (κ2) is 5.53. The second-order valence-corrected chi connectivity index (χ2v) is 6.03. The summed E-state index contributed by atoms with van der Waals surface area (Å²) < 4.78 is 1.13. The van der Waals surface area contributed by atoms with Gasteiger partial charge in [-0.05, 0) is 25.3 Å². The first-order valence-corrected chi connectivity index (χ1v) is 6.48. The molecule has 0 aromatic carbocycles. The summed E-state index contributed by atoms with van der Waals surface area (Å²) in [5, 5.41) is 13.7. The average Bonchev–Trinajstić information content (AvgIpc) is 2.66. The predicted molar refractivity (Wildman–Crippen MR) is 64.4 cm³/mol. The number of hydrogen-bond acceptors (Lipinski definition) is 4. The maximum absolute atomic E-state index is 11.5. The van der Waals surface area contributed by atoms with E-state index in [1.165, 1.54) is 11.8 Å². The number of aliphatic hydroxyl groups excluding tert-OH is 1. The molecule has 0 saturated carbocycles. The van der Waals surface area contributed by atoms with Crippen LogP contribution in [0.2, 0.25) is 0 Å². The van der Waals surface area contributed by atoms with Gasteiger partial charge in [-0.1, -0.05) is 6.07 Å². The molecule has 0 spiro atoms. The van der Waals surface area contributed by atoms with Gasteiger partial charge in [0.1, 0.15) is 0 Å². The van der Waals surface area contributed by atoms with Crippen LogP contribution in [-0.2, 0) is 4.79 Å². The molecule has 1 aromatic rings. The Morgan fingerprint density at radius 2 is 2.40 bits per heavy atom. The number of thiophene rings is 1. The first-order valence-electron chi connectivity index (χ1n) is 4.62. The first-order chi connectivity index (χ1) is 7.03. The van der Waals surface area contributed by atoms with Crippen LogP contribution >= 0.6 is 23.1 Å². The molecular formula is C10H15NO2S2. The van der Waals surface area contributed by atoms with Crippen molar-refractivity contribution in [1.29, 1.82) is 0 Å². The Morgan fingerprint density at radius 1 is 1.67 bits per heavy atom. The van der Waals surface area contributed by atoms with Crippen molar-refractivity contribution in [2.75, 3.05) is 12.4 Å². The highest BCUT2D eigenvalue weighted by Gasteiger charge is 2.18. The van der Waals surface area contributed by atoms with Crippen LogP contribution in [0, 0.1) is 0 Å². The number of nitrogens with one attached hydrogen (secondary N) is 1. The first kappa shape index (κ1) is 12.5. The Kier molecular flexibility index (Phi) is 4.63. The van der Waals surface area contributed by atoms with E-state index in [1.807, 2.05) is 17.5 Å². The molecule has 15 heavy (non-hydrogen) atoms. The Hall–Kier alpha value is -0.520. The lowest BCUT2D eigenvalue weighted by Gasteiger charge is -2.23. The molecule has 0 saturated heterocycles. The lowest BCUT2D eigenvalue weighted by Crippen LogP contribution is -2.46.